The van der Waals surface area contributed by atoms with E-state index in [4.69, 9.17) is 0 Å². The molecule has 2 nitrogen and oxygen atoms in total. The number of rotatable bonds is 2. The molecule has 0 amide bonds. The summed E-state index contributed by atoms with van der Waals surface area (Å²) in [6.07, 6.45) is 5.04. The van der Waals surface area contributed by atoms with Crippen LogP contribution in [0.3, 0.4) is 0 Å². The normalized spacial score (nSPS) is 15.3. The summed E-state index contributed by atoms with van der Waals surface area (Å²) in [5.74, 6) is 0. The van der Waals surface area contributed by atoms with E-state index in [1.54, 1.807) is 0 Å². The topological polar surface area (TPSA) is 6.48 Å². The smallest absolute Gasteiger partial charge is 0.164 e. The van der Waals surface area contributed by atoms with E-state index in [-0.39, 0.29) is 0 Å². The SMILES string of the molecule is [CH2][C]1N(c2ccccc2)C=CN1c1ccccc1C. The molecule has 0 saturated heterocycles. The van der Waals surface area contributed by atoms with Crippen LogP contribution >= 0.6 is 0 Å². The highest BCUT2D eigenvalue weighted by Crippen LogP contribution is 2.34. The van der Waals surface area contributed by atoms with Crippen LogP contribution in [0.15, 0.2) is 67.0 Å². The van der Waals surface area contributed by atoms with E-state index in [2.05, 4.69) is 66.2 Å². The van der Waals surface area contributed by atoms with Gasteiger partial charge in [0.25, 0.3) is 0 Å². The average Bonchev–Trinajstić information content (AvgIpc) is 2.82. The Balaban J connectivity index is 1.90. The second-order valence-electron chi connectivity index (χ2n) is 4.58. The summed E-state index contributed by atoms with van der Waals surface area (Å²) < 4.78 is 0. The van der Waals surface area contributed by atoms with Gasteiger partial charge in [-0.05, 0) is 37.6 Å². The summed E-state index contributed by atoms with van der Waals surface area (Å²) in [5, 5.41) is 0. The highest BCUT2D eigenvalue weighted by molar-refractivity contribution is 5.68. The number of hydrogen-bond acceptors (Lipinski definition) is 2. The minimum absolute atomic E-state index is 0.945. The maximum atomic E-state index is 4.20. The number of anilines is 2. The van der Waals surface area contributed by atoms with Crippen LogP contribution in [0.4, 0.5) is 11.4 Å². The Bertz CT molecular complexity index is 589. The van der Waals surface area contributed by atoms with Crippen molar-refractivity contribution in [2.24, 2.45) is 0 Å². The monoisotopic (exact) mass is 248 g/mol. The molecule has 94 valence electrons. The highest BCUT2D eigenvalue weighted by atomic mass is 15.4. The number of aryl methyl sites for hydroxylation is 1. The molecular weight excluding hydrogens is 232 g/mol. The van der Waals surface area contributed by atoms with Crippen molar-refractivity contribution in [1.29, 1.82) is 0 Å². The number of hydrogen-bond donors (Lipinski definition) is 0. The van der Waals surface area contributed by atoms with Gasteiger partial charge in [0.1, 0.15) is 0 Å². The van der Waals surface area contributed by atoms with Gasteiger partial charge in [-0.25, -0.2) is 0 Å². The van der Waals surface area contributed by atoms with Crippen molar-refractivity contribution >= 4 is 11.4 Å². The second-order valence-corrected chi connectivity index (χ2v) is 4.58. The van der Waals surface area contributed by atoms with Gasteiger partial charge in [0.15, 0.2) is 6.17 Å². The highest BCUT2D eigenvalue weighted by Gasteiger charge is 2.26. The molecule has 0 spiro atoms. The van der Waals surface area contributed by atoms with Gasteiger partial charge >= 0.3 is 0 Å². The van der Waals surface area contributed by atoms with E-state index in [1.807, 2.05) is 24.4 Å². The lowest BCUT2D eigenvalue weighted by molar-refractivity contribution is 0.985. The van der Waals surface area contributed by atoms with Crippen LogP contribution in [-0.2, 0) is 0 Å². The van der Waals surface area contributed by atoms with Gasteiger partial charge in [0.05, 0.1) is 0 Å². The first-order chi connectivity index (χ1) is 9.27. The van der Waals surface area contributed by atoms with Crippen molar-refractivity contribution in [3.8, 4) is 0 Å². The first-order valence-electron chi connectivity index (χ1n) is 6.34. The number of nitrogens with zero attached hydrogens (tertiary/aromatic N) is 2. The second kappa shape index (κ2) is 4.81. The maximum Gasteiger partial charge on any atom is 0.164 e. The fraction of sp³-hybridized carbons (Fsp3) is 0.0588. The average molecular weight is 248 g/mol. The van der Waals surface area contributed by atoms with Crippen LogP contribution in [0, 0.1) is 20.0 Å². The van der Waals surface area contributed by atoms with Gasteiger partial charge in [-0.3, -0.25) is 0 Å². The van der Waals surface area contributed by atoms with Crippen molar-refractivity contribution in [2.45, 2.75) is 6.92 Å². The predicted octanol–water partition coefficient (Wildman–Crippen LogP) is 4.12. The zero-order valence-electron chi connectivity index (χ0n) is 11.0. The van der Waals surface area contributed by atoms with Crippen LogP contribution in [-0.4, -0.2) is 0 Å². The van der Waals surface area contributed by atoms with Crippen molar-refractivity contribution in [3.63, 3.8) is 0 Å². The van der Waals surface area contributed by atoms with Crippen LogP contribution in [0.2, 0.25) is 0 Å². The molecule has 1 aliphatic heterocycles. The molecule has 0 aromatic heterocycles. The predicted molar refractivity (Wildman–Crippen MR) is 80.3 cm³/mol. The Labute approximate surface area is 114 Å². The molecule has 1 heterocycles. The third-order valence-corrected chi connectivity index (χ3v) is 3.33. The third-order valence-electron chi connectivity index (χ3n) is 3.33. The molecule has 0 unspecified atom stereocenters. The fourth-order valence-electron chi connectivity index (χ4n) is 2.30. The van der Waals surface area contributed by atoms with Gasteiger partial charge in [0.2, 0.25) is 0 Å². The molecule has 1 aliphatic rings. The Hall–Kier alpha value is -2.22. The Morgan fingerprint density at radius 1 is 0.789 bits per heavy atom. The standard InChI is InChI=1S/C17H16N2/c1-14-8-6-7-11-17(14)19-13-12-18(15(19)2)16-9-4-3-5-10-16/h3-13H,2H2,1H3. The zero-order valence-corrected chi connectivity index (χ0v) is 11.0. The van der Waals surface area contributed by atoms with Crippen LogP contribution in [0.25, 0.3) is 0 Å². The molecule has 0 bridgehead atoms. The number of para-hydroxylation sites is 2. The zero-order chi connectivity index (χ0) is 13.2. The Morgan fingerprint density at radius 3 is 2.16 bits per heavy atom. The lowest BCUT2D eigenvalue weighted by Crippen LogP contribution is -2.28. The van der Waals surface area contributed by atoms with Crippen molar-refractivity contribution in [3.05, 3.63) is 85.7 Å². The maximum absolute atomic E-state index is 4.20. The molecule has 0 fully saturated rings. The third kappa shape index (κ3) is 2.10. The van der Waals surface area contributed by atoms with E-state index >= 15 is 0 Å². The molecule has 2 radical (unpaired) electrons. The van der Waals surface area contributed by atoms with Crippen LogP contribution in [0.5, 0.6) is 0 Å². The molecule has 0 atom stereocenters. The van der Waals surface area contributed by atoms with E-state index in [0.717, 1.165) is 11.9 Å². The summed E-state index contributed by atoms with van der Waals surface area (Å²) in [4.78, 5) is 4.20. The van der Waals surface area contributed by atoms with Crippen molar-refractivity contribution in [2.75, 3.05) is 9.80 Å². The minimum Gasteiger partial charge on any atom is -0.319 e. The molecule has 2 heteroatoms. The van der Waals surface area contributed by atoms with E-state index in [0.29, 0.717) is 0 Å². The van der Waals surface area contributed by atoms with Gasteiger partial charge in [-0.1, -0.05) is 36.4 Å². The molecule has 2 aromatic rings. The van der Waals surface area contributed by atoms with Gasteiger partial charge in [-0.15, -0.1) is 0 Å². The lowest BCUT2D eigenvalue weighted by atomic mass is 10.2. The first-order valence-corrected chi connectivity index (χ1v) is 6.34. The summed E-state index contributed by atoms with van der Waals surface area (Å²) in [5.41, 5.74) is 3.53. The Morgan fingerprint density at radius 2 is 1.42 bits per heavy atom. The van der Waals surface area contributed by atoms with Gasteiger partial charge < -0.3 is 9.80 Å². The largest absolute Gasteiger partial charge is 0.319 e. The molecule has 0 N–H and O–H groups in total. The molecule has 0 aliphatic carbocycles. The van der Waals surface area contributed by atoms with E-state index in [9.17, 15) is 0 Å². The van der Waals surface area contributed by atoms with E-state index < -0.39 is 0 Å². The quantitative estimate of drug-likeness (QED) is 0.789. The van der Waals surface area contributed by atoms with Crippen LogP contribution < -0.4 is 9.80 Å². The summed E-state index contributed by atoms with van der Waals surface area (Å²) >= 11 is 0. The molecule has 19 heavy (non-hydrogen) atoms. The lowest BCUT2D eigenvalue weighted by Gasteiger charge is -2.29. The summed E-state index contributed by atoms with van der Waals surface area (Å²) in [6.45, 7) is 6.31. The molecule has 3 rings (SSSR count). The Kier molecular flexibility index (Phi) is 3.00. The van der Waals surface area contributed by atoms with Gasteiger partial charge in [-0.2, -0.15) is 0 Å². The molecular formula is C17H16N2. The number of benzene rings is 2. The minimum atomic E-state index is 0.945. The fourth-order valence-corrected chi connectivity index (χ4v) is 2.30. The molecule has 0 saturated carbocycles. The van der Waals surface area contributed by atoms with Crippen molar-refractivity contribution < 1.29 is 0 Å². The first kappa shape index (κ1) is 11.8. The molecule has 2 aromatic carbocycles. The summed E-state index contributed by atoms with van der Waals surface area (Å²) in [6, 6.07) is 18.6. The van der Waals surface area contributed by atoms with Crippen molar-refractivity contribution in [1.82, 2.24) is 0 Å². The van der Waals surface area contributed by atoms with E-state index in [1.165, 1.54) is 11.3 Å². The van der Waals surface area contributed by atoms with Gasteiger partial charge in [0, 0.05) is 23.8 Å². The van der Waals surface area contributed by atoms with Crippen LogP contribution in [0.1, 0.15) is 5.56 Å². The summed E-state index contributed by atoms with van der Waals surface area (Å²) in [7, 11) is 0.